The maximum Gasteiger partial charge on any atom is 0.235 e. The van der Waals surface area contributed by atoms with Gasteiger partial charge in [0.25, 0.3) is 0 Å². The zero-order chi connectivity index (χ0) is 27.5. The Balaban J connectivity index is 0.000000149. The van der Waals surface area contributed by atoms with Crippen molar-refractivity contribution in [3.8, 4) is 17.4 Å². The van der Waals surface area contributed by atoms with Crippen molar-refractivity contribution >= 4 is 54.7 Å². The van der Waals surface area contributed by atoms with Crippen LogP contribution in [0.2, 0.25) is 5.15 Å². The molecule has 0 unspecified atom stereocenters. The number of nitrogens with zero attached hydrogens (tertiary/aromatic N) is 4. The van der Waals surface area contributed by atoms with Gasteiger partial charge in [-0.2, -0.15) is 0 Å². The number of hydrogen-bond donors (Lipinski definition) is 1. The molecule has 0 radical (unpaired) electrons. The van der Waals surface area contributed by atoms with E-state index in [1.165, 1.54) is 12.7 Å². The van der Waals surface area contributed by atoms with E-state index in [0.29, 0.717) is 17.6 Å². The first-order chi connectivity index (χ1) is 19.1. The molecule has 39 heavy (non-hydrogen) atoms. The fourth-order valence-electron chi connectivity index (χ4n) is 3.23. The van der Waals surface area contributed by atoms with Crippen LogP contribution < -0.4 is 14.2 Å². The molecule has 0 atom stereocenters. The molecule has 0 fully saturated rings. The molecule has 11 heteroatoms. The second-order valence-corrected chi connectivity index (χ2v) is 9.95. The van der Waals surface area contributed by atoms with E-state index in [4.69, 9.17) is 30.9 Å². The van der Waals surface area contributed by atoms with Gasteiger partial charge in [-0.15, -0.1) is 22.7 Å². The Morgan fingerprint density at radius 1 is 0.692 bits per heavy atom. The third kappa shape index (κ3) is 7.84. The molecular formula is C28H25ClN4O4S2. The van der Waals surface area contributed by atoms with Gasteiger partial charge in [0, 0.05) is 0 Å². The highest BCUT2D eigenvalue weighted by molar-refractivity contribution is 7.18. The van der Waals surface area contributed by atoms with Crippen molar-refractivity contribution in [1.82, 2.24) is 19.9 Å². The third-order valence-corrected chi connectivity index (χ3v) is 7.49. The van der Waals surface area contributed by atoms with E-state index >= 15 is 0 Å². The third-order valence-electron chi connectivity index (χ3n) is 5.29. The van der Waals surface area contributed by atoms with Crippen LogP contribution in [0.5, 0.6) is 17.4 Å². The van der Waals surface area contributed by atoms with Gasteiger partial charge in [-0.1, -0.05) is 35.9 Å². The molecular weight excluding hydrogens is 556 g/mol. The molecule has 0 aliphatic carbocycles. The Bertz CT molecular complexity index is 1570. The lowest BCUT2D eigenvalue weighted by Gasteiger charge is -2.06. The van der Waals surface area contributed by atoms with Gasteiger partial charge in [-0.3, -0.25) is 0 Å². The molecule has 0 aliphatic heterocycles. The smallest absolute Gasteiger partial charge is 0.235 e. The molecule has 0 aliphatic rings. The summed E-state index contributed by atoms with van der Waals surface area (Å²) in [6, 6.07) is 19.0. The number of thiophene rings is 2. The highest BCUT2D eigenvalue weighted by atomic mass is 35.5. The molecule has 0 bridgehead atoms. The lowest BCUT2D eigenvalue weighted by atomic mass is 10.2. The summed E-state index contributed by atoms with van der Waals surface area (Å²) in [6.45, 7) is 0.567. The fraction of sp³-hybridized carbons (Fsp3) is 0.143. The van der Waals surface area contributed by atoms with Crippen LogP contribution in [-0.4, -0.2) is 39.3 Å². The van der Waals surface area contributed by atoms with E-state index in [9.17, 15) is 0 Å². The number of aromatic nitrogens is 4. The van der Waals surface area contributed by atoms with Crippen molar-refractivity contribution in [1.29, 1.82) is 0 Å². The summed E-state index contributed by atoms with van der Waals surface area (Å²) in [7, 11) is 3.27. The summed E-state index contributed by atoms with van der Waals surface area (Å²) in [6.07, 6.45) is 3.00. The average Bonchev–Trinajstić information content (AvgIpc) is 3.68. The van der Waals surface area contributed by atoms with E-state index in [1.807, 2.05) is 71.4 Å². The molecule has 4 aromatic heterocycles. The monoisotopic (exact) mass is 580 g/mol. The van der Waals surface area contributed by atoms with Crippen molar-refractivity contribution < 1.29 is 19.3 Å². The maximum atomic E-state index is 8.66. The Kier molecular flexibility index (Phi) is 10.4. The van der Waals surface area contributed by atoms with Crippen LogP contribution in [0.1, 0.15) is 11.1 Å². The van der Waals surface area contributed by atoms with Gasteiger partial charge in [0.2, 0.25) is 5.88 Å². The lowest BCUT2D eigenvalue weighted by molar-refractivity contribution is 0.281. The summed E-state index contributed by atoms with van der Waals surface area (Å²) < 4.78 is 17.8. The van der Waals surface area contributed by atoms with Crippen LogP contribution in [0.15, 0.2) is 84.1 Å². The average molecular weight is 581 g/mol. The Morgan fingerprint density at radius 2 is 1.23 bits per heavy atom. The second kappa shape index (κ2) is 14.4. The molecule has 6 aromatic rings. The van der Waals surface area contributed by atoms with Crippen molar-refractivity contribution in [2.45, 2.75) is 13.2 Å². The van der Waals surface area contributed by atoms with Gasteiger partial charge in [0.05, 0.1) is 36.6 Å². The van der Waals surface area contributed by atoms with Crippen LogP contribution in [-0.2, 0) is 13.2 Å². The van der Waals surface area contributed by atoms with E-state index in [0.717, 1.165) is 43.1 Å². The van der Waals surface area contributed by atoms with Crippen molar-refractivity contribution in [2.24, 2.45) is 0 Å². The molecule has 0 spiro atoms. The number of aliphatic hydroxyl groups is 1. The summed E-state index contributed by atoms with van der Waals surface area (Å²) in [5.41, 5.74) is 3.82. The van der Waals surface area contributed by atoms with Crippen LogP contribution in [0, 0.1) is 0 Å². The molecule has 8 nitrogen and oxygen atoms in total. The van der Waals surface area contributed by atoms with Crippen LogP contribution in [0.3, 0.4) is 0 Å². The molecule has 6 rings (SSSR count). The molecule has 0 amide bonds. The predicted octanol–water partition coefficient (Wildman–Crippen LogP) is 6.81. The number of methoxy groups -OCH3 is 2. The molecule has 0 saturated carbocycles. The van der Waals surface area contributed by atoms with Gasteiger partial charge in [0.15, 0.2) is 0 Å². The van der Waals surface area contributed by atoms with Crippen molar-refractivity contribution in [3.05, 3.63) is 100 Å². The van der Waals surface area contributed by atoms with Gasteiger partial charge < -0.3 is 19.3 Å². The fourth-order valence-corrected chi connectivity index (χ4v) is 5.02. The van der Waals surface area contributed by atoms with Gasteiger partial charge >= 0.3 is 0 Å². The number of benzene rings is 2. The predicted molar refractivity (Wildman–Crippen MR) is 156 cm³/mol. The molecule has 200 valence electrons. The second-order valence-electron chi connectivity index (χ2n) is 7.76. The SMILES string of the molecule is COc1ccc(CO)cc1.COc1ccc(COc2ncnc3ccsc23)cc1.Clc1ncnc2ccsc12. The minimum absolute atomic E-state index is 0.0873. The number of halogens is 1. The first kappa shape index (κ1) is 28.2. The quantitative estimate of drug-likeness (QED) is 0.214. The molecule has 0 saturated heterocycles. The highest BCUT2D eigenvalue weighted by Gasteiger charge is 2.06. The Labute approximate surface area is 238 Å². The lowest BCUT2D eigenvalue weighted by Crippen LogP contribution is -1.97. The van der Waals surface area contributed by atoms with Gasteiger partial charge in [0.1, 0.15) is 40.6 Å². The normalized spacial score (nSPS) is 10.3. The Hall–Kier alpha value is -3.83. The van der Waals surface area contributed by atoms with E-state index in [2.05, 4.69) is 19.9 Å². The number of ether oxygens (including phenoxy) is 3. The topological polar surface area (TPSA) is 99.5 Å². The van der Waals surface area contributed by atoms with Crippen molar-refractivity contribution in [2.75, 3.05) is 14.2 Å². The summed E-state index contributed by atoms with van der Waals surface area (Å²) in [5.74, 6) is 2.29. The van der Waals surface area contributed by atoms with Crippen LogP contribution >= 0.6 is 34.3 Å². The van der Waals surface area contributed by atoms with Crippen LogP contribution in [0.4, 0.5) is 0 Å². The van der Waals surface area contributed by atoms with E-state index < -0.39 is 0 Å². The Morgan fingerprint density at radius 3 is 1.79 bits per heavy atom. The number of hydrogen-bond acceptors (Lipinski definition) is 10. The number of fused-ring (bicyclic) bond motifs is 2. The molecule has 4 heterocycles. The van der Waals surface area contributed by atoms with Crippen molar-refractivity contribution in [3.63, 3.8) is 0 Å². The minimum Gasteiger partial charge on any atom is -0.497 e. The van der Waals surface area contributed by atoms with E-state index in [-0.39, 0.29) is 6.61 Å². The number of rotatable bonds is 6. The first-order valence-corrected chi connectivity index (χ1v) is 13.8. The zero-order valence-corrected chi connectivity index (χ0v) is 23.5. The van der Waals surface area contributed by atoms with Gasteiger partial charge in [-0.05, 0) is 58.3 Å². The highest BCUT2D eigenvalue weighted by Crippen LogP contribution is 2.27. The molecule has 1 N–H and O–H groups in total. The largest absolute Gasteiger partial charge is 0.497 e. The van der Waals surface area contributed by atoms with Gasteiger partial charge in [-0.25, -0.2) is 19.9 Å². The first-order valence-electron chi connectivity index (χ1n) is 11.6. The summed E-state index contributed by atoms with van der Waals surface area (Å²) in [5, 5.41) is 13.1. The minimum atomic E-state index is 0.0873. The van der Waals surface area contributed by atoms with Crippen LogP contribution in [0.25, 0.3) is 20.4 Å². The summed E-state index contributed by atoms with van der Waals surface area (Å²) >= 11 is 8.90. The number of aliphatic hydroxyl groups excluding tert-OH is 1. The standard InChI is InChI=1S/C14H12N2O2S.C8H10O2.C6H3ClN2S/c1-17-11-4-2-10(3-5-11)8-18-14-13-12(6-7-19-13)15-9-16-14;1-10-8-4-2-7(6-9)3-5-8;7-6-5-4(1-2-10-5)8-3-9-6/h2-7,9H,8H2,1H3;2-5,9H,6H2,1H3;1-3H. The maximum absolute atomic E-state index is 8.66. The summed E-state index contributed by atoms with van der Waals surface area (Å²) in [4.78, 5) is 16.2. The zero-order valence-electron chi connectivity index (χ0n) is 21.2. The molecule has 2 aromatic carbocycles. The van der Waals surface area contributed by atoms with E-state index in [1.54, 1.807) is 36.9 Å².